The molecular weight excluding hydrogens is 267 g/mol. The Bertz CT molecular complexity index is 102. The van der Waals surface area contributed by atoms with Gasteiger partial charge in [-0.15, -0.1) is 0 Å². The van der Waals surface area contributed by atoms with Crippen LogP contribution in [-0.2, 0) is 3.07 Å². The van der Waals surface area contributed by atoms with E-state index in [0.29, 0.717) is 0 Å². The van der Waals surface area contributed by atoms with Gasteiger partial charge in [-0.05, 0) is 0 Å². The molecule has 62 valence electrons. The Morgan fingerprint density at radius 1 is 1.30 bits per heavy atom. The van der Waals surface area contributed by atoms with Gasteiger partial charge in [0.1, 0.15) is 23.0 Å². The molecule has 0 radical (unpaired) electrons. The number of hydrogen-bond acceptors (Lipinski definition) is 1. The predicted octanol–water partition coefficient (Wildman–Crippen LogP) is 2.99. The fourth-order valence-electron chi connectivity index (χ4n) is 0.262. The zero-order valence-electron chi connectivity index (χ0n) is 5.01. The Morgan fingerprint density at radius 3 is 1.80 bits per heavy atom. The molecule has 0 saturated carbocycles. The first-order valence-electron chi connectivity index (χ1n) is 2.43. The first-order chi connectivity index (χ1) is 4.37. The molecule has 0 spiro atoms. The summed E-state index contributed by atoms with van der Waals surface area (Å²) in [6, 6.07) is 0. The Labute approximate surface area is 69.4 Å². The highest BCUT2D eigenvalue weighted by molar-refractivity contribution is 14.1. The number of rotatable bonds is 3. The zero-order valence-corrected chi connectivity index (χ0v) is 7.16. The normalized spacial score (nSPS) is 13.8. The molecule has 0 N–H and O–H groups in total. The van der Waals surface area contributed by atoms with Gasteiger partial charge in [0.15, 0.2) is 0 Å². The van der Waals surface area contributed by atoms with Gasteiger partial charge < -0.3 is 0 Å². The summed E-state index contributed by atoms with van der Waals surface area (Å²) in [5.74, 6) is -4.08. The molecule has 0 aliphatic carbocycles. The standard InChI is InChI=1S/C4H5F4IO/c1-2-3(5,6)4(7,8)10-9/h2H2,1H3. The lowest BCUT2D eigenvalue weighted by Gasteiger charge is -2.21. The number of halogens is 5. The molecule has 0 aliphatic rings. The smallest absolute Gasteiger partial charge is 0.244 e. The van der Waals surface area contributed by atoms with Crippen molar-refractivity contribution in [1.29, 1.82) is 0 Å². The van der Waals surface area contributed by atoms with Gasteiger partial charge >= 0.3 is 12.0 Å². The van der Waals surface area contributed by atoms with Crippen molar-refractivity contribution in [2.75, 3.05) is 0 Å². The van der Waals surface area contributed by atoms with Crippen LogP contribution in [0, 0.1) is 0 Å². The summed E-state index contributed by atoms with van der Waals surface area (Å²) < 4.78 is 51.3. The van der Waals surface area contributed by atoms with E-state index in [-0.39, 0.29) is 0 Å². The predicted molar refractivity (Wildman–Crippen MR) is 35.3 cm³/mol. The lowest BCUT2D eigenvalue weighted by atomic mass is 10.2. The molecule has 1 nitrogen and oxygen atoms in total. The van der Waals surface area contributed by atoms with Crippen molar-refractivity contribution in [3.05, 3.63) is 0 Å². The molecular formula is C4H5F4IO. The summed E-state index contributed by atoms with van der Waals surface area (Å²) in [6.07, 6.45) is -5.30. The van der Waals surface area contributed by atoms with Gasteiger partial charge in [-0.25, -0.2) is 3.07 Å². The van der Waals surface area contributed by atoms with Gasteiger partial charge in [-0.3, -0.25) is 0 Å². The lowest BCUT2D eigenvalue weighted by Crippen LogP contribution is -2.39. The van der Waals surface area contributed by atoms with E-state index in [9.17, 15) is 17.6 Å². The highest BCUT2D eigenvalue weighted by Gasteiger charge is 2.56. The minimum absolute atomic E-state index is 0.749. The minimum atomic E-state index is -4.36. The van der Waals surface area contributed by atoms with Crippen molar-refractivity contribution in [1.82, 2.24) is 0 Å². The van der Waals surface area contributed by atoms with E-state index in [0.717, 1.165) is 29.9 Å². The van der Waals surface area contributed by atoms with Crippen molar-refractivity contribution in [2.24, 2.45) is 0 Å². The highest BCUT2D eigenvalue weighted by Crippen LogP contribution is 2.38. The van der Waals surface area contributed by atoms with E-state index in [1.54, 1.807) is 0 Å². The monoisotopic (exact) mass is 272 g/mol. The first kappa shape index (κ1) is 10.4. The highest BCUT2D eigenvalue weighted by atomic mass is 127. The average molecular weight is 272 g/mol. The van der Waals surface area contributed by atoms with Gasteiger partial charge in [0, 0.05) is 6.42 Å². The van der Waals surface area contributed by atoms with Crippen molar-refractivity contribution in [3.8, 4) is 0 Å². The van der Waals surface area contributed by atoms with E-state index in [1.165, 1.54) is 0 Å². The average Bonchev–Trinajstić information content (AvgIpc) is 1.88. The molecule has 0 amide bonds. The van der Waals surface area contributed by atoms with Gasteiger partial charge in [-0.1, -0.05) is 6.92 Å². The molecule has 0 fully saturated rings. The molecule has 0 unspecified atom stereocenters. The SMILES string of the molecule is CCC(F)(F)C(F)(F)OI. The van der Waals surface area contributed by atoms with Gasteiger partial charge in [0.05, 0.1) is 0 Å². The van der Waals surface area contributed by atoms with Crippen LogP contribution in [0.1, 0.15) is 13.3 Å². The van der Waals surface area contributed by atoms with Gasteiger partial charge in [0.25, 0.3) is 0 Å². The summed E-state index contributed by atoms with van der Waals surface area (Å²) in [7, 11) is 0. The van der Waals surface area contributed by atoms with Crippen LogP contribution in [0.25, 0.3) is 0 Å². The molecule has 10 heavy (non-hydrogen) atoms. The third-order valence-electron chi connectivity index (χ3n) is 0.967. The van der Waals surface area contributed by atoms with Crippen LogP contribution >= 0.6 is 23.0 Å². The topological polar surface area (TPSA) is 9.23 Å². The maximum Gasteiger partial charge on any atom is 0.428 e. The lowest BCUT2D eigenvalue weighted by molar-refractivity contribution is -0.294. The minimum Gasteiger partial charge on any atom is -0.244 e. The molecule has 0 aliphatic heterocycles. The third kappa shape index (κ3) is 1.94. The molecule has 0 aromatic rings. The van der Waals surface area contributed by atoms with Crippen LogP contribution in [0.2, 0.25) is 0 Å². The van der Waals surface area contributed by atoms with E-state index >= 15 is 0 Å². The summed E-state index contributed by atoms with van der Waals surface area (Å²) in [6.45, 7) is 0.962. The summed E-state index contributed by atoms with van der Waals surface area (Å²) in [5, 5.41) is 0. The fourth-order valence-corrected chi connectivity index (χ4v) is 0.584. The Balaban J connectivity index is 4.28. The number of hydrogen-bond donors (Lipinski definition) is 0. The molecule has 0 heterocycles. The Hall–Kier alpha value is 0.410. The van der Waals surface area contributed by atoms with E-state index in [4.69, 9.17) is 0 Å². The molecule has 0 aromatic heterocycles. The van der Waals surface area contributed by atoms with E-state index in [1.807, 2.05) is 0 Å². The third-order valence-corrected chi connectivity index (χ3v) is 1.52. The number of alkyl halides is 4. The van der Waals surface area contributed by atoms with Crippen LogP contribution in [0.15, 0.2) is 0 Å². The van der Waals surface area contributed by atoms with Gasteiger partial charge in [-0.2, -0.15) is 17.6 Å². The largest absolute Gasteiger partial charge is 0.428 e. The summed E-state index contributed by atoms with van der Waals surface area (Å²) in [5.41, 5.74) is 0. The van der Waals surface area contributed by atoms with Crippen LogP contribution in [0.5, 0.6) is 0 Å². The quantitative estimate of drug-likeness (QED) is 0.567. The maximum absolute atomic E-state index is 12.1. The van der Waals surface area contributed by atoms with Crippen LogP contribution < -0.4 is 0 Å². The van der Waals surface area contributed by atoms with Crippen molar-refractivity contribution in [3.63, 3.8) is 0 Å². The molecule has 0 aromatic carbocycles. The molecule has 0 saturated heterocycles. The first-order valence-corrected chi connectivity index (χ1v) is 3.31. The zero-order chi connectivity index (χ0) is 8.41. The second kappa shape index (κ2) is 3.21. The maximum atomic E-state index is 12.1. The fraction of sp³-hybridized carbons (Fsp3) is 1.00. The Morgan fingerprint density at radius 2 is 1.70 bits per heavy atom. The second-order valence-corrected chi connectivity index (χ2v) is 2.09. The molecule has 6 heteroatoms. The van der Waals surface area contributed by atoms with Gasteiger partial charge in [0.2, 0.25) is 0 Å². The van der Waals surface area contributed by atoms with Crippen LogP contribution in [0.3, 0.4) is 0 Å². The summed E-state index contributed by atoms with van der Waals surface area (Å²) in [4.78, 5) is 0. The van der Waals surface area contributed by atoms with Crippen LogP contribution in [0.4, 0.5) is 17.6 Å². The van der Waals surface area contributed by atoms with Crippen LogP contribution in [-0.4, -0.2) is 12.0 Å². The van der Waals surface area contributed by atoms with E-state index in [2.05, 4.69) is 3.07 Å². The van der Waals surface area contributed by atoms with Crippen molar-refractivity contribution >= 4 is 23.0 Å². The molecule has 0 rings (SSSR count). The second-order valence-electron chi connectivity index (χ2n) is 1.65. The van der Waals surface area contributed by atoms with Crippen molar-refractivity contribution < 1.29 is 20.6 Å². The van der Waals surface area contributed by atoms with E-state index < -0.39 is 18.5 Å². The van der Waals surface area contributed by atoms with Crippen molar-refractivity contribution in [2.45, 2.75) is 25.4 Å². The summed E-state index contributed by atoms with van der Waals surface area (Å²) >= 11 is 0.749. The molecule has 0 atom stereocenters. The molecule has 0 bridgehead atoms. The Kier molecular flexibility index (Phi) is 3.34.